The molecule has 8 heteroatoms. The van der Waals surface area contributed by atoms with Crippen LogP contribution in [0, 0.1) is 0 Å². The van der Waals surface area contributed by atoms with E-state index in [2.05, 4.69) is 20.7 Å². The summed E-state index contributed by atoms with van der Waals surface area (Å²) < 4.78 is 12.6. The lowest BCUT2D eigenvalue weighted by atomic mass is 10.2. The van der Waals surface area contributed by atoms with Gasteiger partial charge in [-0.2, -0.15) is 5.10 Å². The third-order valence-electron chi connectivity index (χ3n) is 3.41. The summed E-state index contributed by atoms with van der Waals surface area (Å²) >= 11 is 0. The quantitative estimate of drug-likeness (QED) is 0.273. The predicted molar refractivity (Wildman–Crippen MR) is 110 cm³/mol. The molecule has 0 aliphatic heterocycles. The van der Waals surface area contributed by atoms with Crippen molar-refractivity contribution in [2.75, 3.05) is 33.9 Å². The van der Waals surface area contributed by atoms with Gasteiger partial charge in [-0.1, -0.05) is 0 Å². The van der Waals surface area contributed by atoms with E-state index in [1.807, 2.05) is 43.7 Å². The van der Waals surface area contributed by atoms with E-state index < -0.39 is 0 Å². The minimum atomic E-state index is 0. The summed E-state index contributed by atoms with van der Waals surface area (Å²) in [6, 6.07) is 7.53. The minimum Gasteiger partial charge on any atom is -0.497 e. The van der Waals surface area contributed by atoms with Crippen molar-refractivity contribution in [1.29, 1.82) is 0 Å². The zero-order valence-corrected chi connectivity index (χ0v) is 17.2. The summed E-state index contributed by atoms with van der Waals surface area (Å²) in [5, 5.41) is 10.6. The molecule has 0 bridgehead atoms. The van der Waals surface area contributed by atoms with Crippen molar-refractivity contribution in [2.24, 2.45) is 12.0 Å². The standard InChI is InChI=1S/C17H25N5O2.HI/c1-18-17(19-9-8-14-12-21-22(2)13-14)20-10-11-24-16-6-4-15(23-3)5-7-16;/h4-7,12-13H,8-11H2,1-3H3,(H2,18,19,20);1H. The maximum absolute atomic E-state index is 5.67. The van der Waals surface area contributed by atoms with Gasteiger partial charge < -0.3 is 20.1 Å². The zero-order chi connectivity index (χ0) is 17.2. The molecule has 0 aliphatic rings. The Bertz CT molecular complexity index is 643. The summed E-state index contributed by atoms with van der Waals surface area (Å²) in [6.45, 7) is 2.01. The molecule has 25 heavy (non-hydrogen) atoms. The third kappa shape index (κ3) is 7.63. The van der Waals surface area contributed by atoms with Crippen molar-refractivity contribution in [3.63, 3.8) is 0 Å². The number of hydrogen-bond acceptors (Lipinski definition) is 4. The van der Waals surface area contributed by atoms with Crippen molar-refractivity contribution < 1.29 is 9.47 Å². The highest BCUT2D eigenvalue weighted by atomic mass is 127. The highest BCUT2D eigenvalue weighted by Gasteiger charge is 2.00. The van der Waals surface area contributed by atoms with E-state index in [0.717, 1.165) is 30.4 Å². The van der Waals surface area contributed by atoms with Crippen LogP contribution in [0.2, 0.25) is 0 Å². The van der Waals surface area contributed by atoms with E-state index in [0.29, 0.717) is 13.2 Å². The normalized spacial score (nSPS) is 10.8. The minimum absolute atomic E-state index is 0. The molecule has 0 saturated carbocycles. The van der Waals surface area contributed by atoms with Crippen molar-refractivity contribution in [2.45, 2.75) is 6.42 Å². The summed E-state index contributed by atoms with van der Waals surface area (Å²) in [4.78, 5) is 4.19. The molecule has 0 radical (unpaired) electrons. The number of hydrogen-bond donors (Lipinski definition) is 2. The van der Waals surface area contributed by atoms with Gasteiger partial charge in [0.05, 0.1) is 19.9 Å². The molecule has 0 fully saturated rings. The fourth-order valence-electron chi connectivity index (χ4n) is 2.16. The molecular formula is C17H26IN5O2. The molecule has 1 aromatic heterocycles. The first-order valence-corrected chi connectivity index (χ1v) is 7.90. The summed E-state index contributed by atoms with van der Waals surface area (Å²) in [5.74, 6) is 2.40. The summed E-state index contributed by atoms with van der Waals surface area (Å²) in [5.41, 5.74) is 1.20. The highest BCUT2D eigenvalue weighted by molar-refractivity contribution is 14.0. The van der Waals surface area contributed by atoms with Gasteiger partial charge in [-0.25, -0.2) is 0 Å². The number of ether oxygens (including phenoxy) is 2. The van der Waals surface area contributed by atoms with Crippen molar-refractivity contribution in [3.05, 3.63) is 42.2 Å². The number of nitrogens with one attached hydrogen (secondary N) is 2. The second-order valence-electron chi connectivity index (χ2n) is 5.22. The van der Waals surface area contributed by atoms with Crippen LogP contribution in [-0.2, 0) is 13.5 Å². The van der Waals surface area contributed by atoms with Gasteiger partial charge in [-0.05, 0) is 36.2 Å². The molecule has 138 valence electrons. The van der Waals surface area contributed by atoms with Crippen LogP contribution < -0.4 is 20.1 Å². The molecule has 0 unspecified atom stereocenters. The van der Waals surface area contributed by atoms with E-state index in [9.17, 15) is 0 Å². The van der Waals surface area contributed by atoms with Gasteiger partial charge in [-0.3, -0.25) is 9.67 Å². The van der Waals surface area contributed by atoms with Crippen molar-refractivity contribution in [1.82, 2.24) is 20.4 Å². The van der Waals surface area contributed by atoms with E-state index in [1.165, 1.54) is 5.56 Å². The van der Waals surface area contributed by atoms with Crippen LogP contribution in [0.3, 0.4) is 0 Å². The first kappa shape index (κ1) is 21.1. The highest BCUT2D eigenvalue weighted by Crippen LogP contribution is 2.16. The smallest absolute Gasteiger partial charge is 0.191 e. The van der Waals surface area contributed by atoms with Crippen LogP contribution in [0.1, 0.15) is 5.56 Å². The van der Waals surface area contributed by atoms with Crippen LogP contribution in [0.4, 0.5) is 0 Å². The molecule has 0 atom stereocenters. The summed E-state index contributed by atoms with van der Waals surface area (Å²) in [6.07, 6.45) is 4.79. The van der Waals surface area contributed by atoms with Gasteiger partial charge in [0.2, 0.25) is 0 Å². The second kappa shape index (κ2) is 11.6. The maximum atomic E-state index is 5.67. The Hall–Kier alpha value is -1.97. The Morgan fingerprint density at radius 3 is 2.44 bits per heavy atom. The lowest BCUT2D eigenvalue weighted by molar-refractivity contribution is 0.321. The first-order chi connectivity index (χ1) is 11.7. The number of aryl methyl sites for hydroxylation is 1. The Morgan fingerprint density at radius 2 is 1.84 bits per heavy atom. The monoisotopic (exact) mass is 459 g/mol. The molecule has 2 N–H and O–H groups in total. The van der Waals surface area contributed by atoms with Crippen LogP contribution in [-0.4, -0.2) is 49.6 Å². The van der Waals surface area contributed by atoms with Crippen LogP contribution in [0.15, 0.2) is 41.7 Å². The van der Waals surface area contributed by atoms with E-state index >= 15 is 0 Å². The maximum Gasteiger partial charge on any atom is 0.191 e. The number of nitrogens with zero attached hydrogens (tertiary/aromatic N) is 3. The van der Waals surface area contributed by atoms with E-state index in [4.69, 9.17) is 9.47 Å². The lowest BCUT2D eigenvalue weighted by Gasteiger charge is -2.12. The number of aromatic nitrogens is 2. The fourth-order valence-corrected chi connectivity index (χ4v) is 2.16. The molecule has 0 aliphatic carbocycles. The van der Waals surface area contributed by atoms with Crippen LogP contribution in [0.25, 0.3) is 0 Å². The number of rotatable bonds is 8. The molecule has 0 amide bonds. The Labute approximate surface area is 165 Å². The molecule has 0 saturated heterocycles. The van der Waals surface area contributed by atoms with Crippen molar-refractivity contribution >= 4 is 29.9 Å². The van der Waals surface area contributed by atoms with Gasteiger partial charge in [0.15, 0.2) is 5.96 Å². The largest absolute Gasteiger partial charge is 0.497 e. The van der Waals surface area contributed by atoms with Gasteiger partial charge >= 0.3 is 0 Å². The number of guanidine groups is 1. The topological polar surface area (TPSA) is 72.7 Å². The predicted octanol–water partition coefficient (Wildman–Crippen LogP) is 1.83. The van der Waals surface area contributed by atoms with Gasteiger partial charge in [-0.15, -0.1) is 24.0 Å². The van der Waals surface area contributed by atoms with E-state index in [1.54, 1.807) is 18.8 Å². The molecule has 2 aromatic rings. The first-order valence-electron chi connectivity index (χ1n) is 7.90. The number of aliphatic imine (C=N–C) groups is 1. The molecule has 7 nitrogen and oxygen atoms in total. The molecule has 1 heterocycles. The molecule has 2 rings (SSSR count). The number of methoxy groups -OCH3 is 1. The Balaban J connectivity index is 0.00000312. The molecular weight excluding hydrogens is 433 g/mol. The van der Waals surface area contributed by atoms with Crippen LogP contribution >= 0.6 is 24.0 Å². The molecule has 1 aromatic carbocycles. The van der Waals surface area contributed by atoms with Gasteiger partial charge in [0.1, 0.15) is 18.1 Å². The number of halogens is 1. The van der Waals surface area contributed by atoms with Gasteiger partial charge in [0, 0.05) is 26.8 Å². The Morgan fingerprint density at radius 1 is 1.16 bits per heavy atom. The lowest BCUT2D eigenvalue weighted by Crippen LogP contribution is -2.40. The summed E-state index contributed by atoms with van der Waals surface area (Å²) in [7, 11) is 5.32. The van der Waals surface area contributed by atoms with Crippen LogP contribution in [0.5, 0.6) is 11.5 Å². The van der Waals surface area contributed by atoms with Crippen molar-refractivity contribution in [3.8, 4) is 11.5 Å². The van der Waals surface area contributed by atoms with Gasteiger partial charge in [0.25, 0.3) is 0 Å². The number of benzene rings is 1. The second-order valence-corrected chi connectivity index (χ2v) is 5.22. The fraction of sp³-hybridized carbons (Fsp3) is 0.412. The van der Waals surface area contributed by atoms with E-state index in [-0.39, 0.29) is 24.0 Å². The SMILES string of the molecule is CN=C(NCCOc1ccc(OC)cc1)NCCc1cnn(C)c1.I. The Kier molecular flexibility index (Phi) is 9.75. The molecule has 0 spiro atoms. The zero-order valence-electron chi connectivity index (χ0n) is 14.9. The third-order valence-corrected chi connectivity index (χ3v) is 3.41. The average molecular weight is 459 g/mol. The average Bonchev–Trinajstić information content (AvgIpc) is 3.02.